The number of aliphatic hydroxyl groups is 1. The van der Waals surface area contributed by atoms with Crippen molar-refractivity contribution >= 4 is 11.6 Å². The van der Waals surface area contributed by atoms with E-state index in [0.717, 1.165) is 37.3 Å². The number of aliphatic hydroxyl groups excluding tert-OH is 1. The van der Waals surface area contributed by atoms with Crippen LogP contribution >= 0.6 is 11.6 Å². The number of halogens is 1. The number of imidazole rings is 1. The first kappa shape index (κ1) is 9.99. The van der Waals surface area contributed by atoms with E-state index >= 15 is 0 Å². The molecule has 1 atom stereocenters. The van der Waals surface area contributed by atoms with E-state index in [4.69, 9.17) is 11.6 Å². The average molecular weight is 215 g/mol. The number of nitrogens with zero attached hydrogens (tertiary/aromatic N) is 2. The Kier molecular flexibility index (Phi) is 2.79. The summed E-state index contributed by atoms with van der Waals surface area (Å²) in [5.74, 6) is 1.07. The molecule has 2 heterocycles. The minimum absolute atomic E-state index is 0.244. The maximum Gasteiger partial charge on any atom is 0.150 e. The van der Waals surface area contributed by atoms with Gasteiger partial charge in [-0.1, -0.05) is 18.5 Å². The molecule has 1 N–H and O–H groups in total. The molecule has 0 saturated carbocycles. The van der Waals surface area contributed by atoms with Gasteiger partial charge in [0.25, 0.3) is 0 Å². The summed E-state index contributed by atoms with van der Waals surface area (Å²) in [7, 11) is 0. The number of aromatic nitrogens is 2. The summed E-state index contributed by atoms with van der Waals surface area (Å²) in [6.45, 7) is 2.98. The lowest BCUT2D eigenvalue weighted by Gasteiger charge is -2.21. The van der Waals surface area contributed by atoms with Crippen molar-refractivity contribution in [2.24, 2.45) is 0 Å². The number of hydrogen-bond donors (Lipinski definition) is 1. The molecule has 78 valence electrons. The lowest BCUT2D eigenvalue weighted by atomic mass is 10.1. The molecular formula is C10H15ClN2O. The predicted octanol–water partition coefficient (Wildman–Crippen LogP) is 1.80. The second-order valence-corrected chi connectivity index (χ2v) is 4.17. The van der Waals surface area contributed by atoms with Gasteiger partial charge in [0.15, 0.2) is 5.15 Å². The van der Waals surface area contributed by atoms with Crippen LogP contribution in [0.2, 0.25) is 5.15 Å². The monoisotopic (exact) mass is 214 g/mol. The summed E-state index contributed by atoms with van der Waals surface area (Å²) in [5, 5.41) is 10.1. The van der Waals surface area contributed by atoms with Gasteiger partial charge < -0.3 is 9.67 Å². The number of aryl methyl sites for hydroxylation is 1. The van der Waals surface area contributed by atoms with Crippen LogP contribution < -0.4 is 0 Å². The van der Waals surface area contributed by atoms with Gasteiger partial charge in [0, 0.05) is 19.4 Å². The zero-order valence-corrected chi connectivity index (χ0v) is 9.09. The highest BCUT2D eigenvalue weighted by Gasteiger charge is 2.22. The molecule has 0 saturated heterocycles. The Balaban J connectivity index is 2.33. The zero-order valence-electron chi connectivity index (χ0n) is 8.33. The molecule has 2 rings (SSSR count). The summed E-state index contributed by atoms with van der Waals surface area (Å²) in [4.78, 5) is 4.33. The van der Waals surface area contributed by atoms with Gasteiger partial charge in [0.2, 0.25) is 0 Å². The molecule has 0 bridgehead atoms. The third-order valence-corrected chi connectivity index (χ3v) is 2.99. The minimum atomic E-state index is -0.244. The Hall–Kier alpha value is -0.540. The van der Waals surface area contributed by atoms with Gasteiger partial charge in [-0.25, -0.2) is 4.98 Å². The molecule has 0 fully saturated rings. The molecular weight excluding hydrogens is 200 g/mol. The van der Waals surface area contributed by atoms with E-state index in [1.54, 1.807) is 0 Å². The standard InChI is InChI=1S/C10H15ClN2O/c1-2-3-9-12-10(11)8-6-7(14)4-5-13(8)9/h7,14H,2-6H2,1H3. The first-order chi connectivity index (χ1) is 6.72. The van der Waals surface area contributed by atoms with Crippen molar-refractivity contribution in [1.82, 2.24) is 9.55 Å². The summed E-state index contributed by atoms with van der Waals surface area (Å²) in [6.07, 6.45) is 3.27. The first-order valence-corrected chi connectivity index (χ1v) is 5.52. The SMILES string of the molecule is CCCc1nc(Cl)c2n1CCC(O)C2. The Morgan fingerprint density at radius 3 is 3.14 bits per heavy atom. The Labute approximate surface area is 88.7 Å². The Bertz CT molecular complexity index is 335. The minimum Gasteiger partial charge on any atom is -0.393 e. The van der Waals surface area contributed by atoms with Crippen molar-refractivity contribution in [3.8, 4) is 0 Å². The van der Waals surface area contributed by atoms with Crippen LogP contribution in [0.5, 0.6) is 0 Å². The first-order valence-electron chi connectivity index (χ1n) is 5.14. The topological polar surface area (TPSA) is 38.0 Å². The number of hydrogen-bond acceptors (Lipinski definition) is 2. The van der Waals surface area contributed by atoms with E-state index in [0.29, 0.717) is 11.6 Å². The molecule has 0 aromatic carbocycles. The van der Waals surface area contributed by atoms with Gasteiger partial charge in [-0.3, -0.25) is 0 Å². The van der Waals surface area contributed by atoms with Crippen LogP contribution in [0, 0.1) is 0 Å². The van der Waals surface area contributed by atoms with Gasteiger partial charge in [0.1, 0.15) is 5.82 Å². The fraction of sp³-hybridized carbons (Fsp3) is 0.700. The van der Waals surface area contributed by atoms with E-state index in [2.05, 4.69) is 16.5 Å². The highest BCUT2D eigenvalue weighted by atomic mass is 35.5. The molecule has 1 aromatic heterocycles. The van der Waals surface area contributed by atoms with Crippen LogP contribution in [0.1, 0.15) is 31.3 Å². The molecule has 3 nitrogen and oxygen atoms in total. The summed E-state index contributed by atoms with van der Waals surface area (Å²) in [5.41, 5.74) is 1.01. The quantitative estimate of drug-likeness (QED) is 0.815. The normalized spacial score (nSPS) is 20.9. The molecule has 1 aliphatic heterocycles. The third-order valence-electron chi connectivity index (χ3n) is 2.69. The van der Waals surface area contributed by atoms with Crippen molar-refractivity contribution in [1.29, 1.82) is 0 Å². The van der Waals surface area contributed by atoms with E-state index < -0.39 is 0 Å². The molecule has 1 unspecified atom stereocenters. The fourth-order valence-electron chi connectivity index (χ4n) is 1.98. The third kappa shape index (κ3) is 1.66. The maximum absolute atomic E-state index is 9.52. The lowest BCUT2D eigenvalue weighted by Crippen LogP contribution is -2.24. The largest absolute Gasteiger partial charge is 0.393 e. The Morgan fingerprint density at radius 2 is 2.43 bits per heavy atom. The van der Waals surface area contributed by atoms with Crippen LogP contribution in [0.25, 0.3) is 0 Å². The Morgan fingerprint density at radius 1 is 1.64 bits per heavy atom. The molecule has 0 aliphatic carbocycles. The van der Waals surface area contributed by atoms with Crippen LogP contribution in [-0.4, -0.2) is 20.8 Å². The summed E-state index contributed by atoms with van der Waals surface area (Å²) in [6, 6.07) is 0. The average Bonchev–Trinajstić information content (AvgIpc) is 2.44. The second kappa shape index (κ2) is 3.91. The lowest BCUT2D eigenvalue weighted by molar-refractivity contribution is 0.143. The van der Waals surface area contributed by atoms with Crippen LogP contribution in [0.4, 0.5) is 0 Å². The molecule has 14 heavy (non-hydrogen) atoms. The fourth-order valence-corrected chi connectivity index (χ4v) is 2.26. The van der Waals surface area contributed by atoms with E-state index in [-0.39, 0.29) is 6.10 Å². The van der Waals surface area contributed by atoms with Gasteiger partial charge in [0.05, 0.1) is 11.8 Å². The van der Waals surface area contributed by atoms with Gasteiger partial charge in [-0.2, -0.15) is 0 Å². The maximum atomic E-state index is 9.52. The summed E-state index contributed by atoms with van der Waals surface area (Å²) >= 11 is 6.02. The molecule has 0 amide bonds. The van der Waals surface area contributed by atoms with Crippen LogP contribution in [0.3, 0.4) is 0 Å². The van der Waals surface area contributed by atoms with Crippen molar-refractivity contribution in [3.63, 3.8) is 0 Å². The van der Waals surface area contributed by atoms with Gasteiger partial charge in [-0.15, -0.1) is 0 Å². The van der Waals surface area contributed by atoms with Gasteiger partial charge in [-0.05, 0) is 12.8 Å². The molecule has 0 spiro atoms. The van der Waals surface area contributed by atoms with E-state index in [1.165, 1.54) is 0 Å². The van der Waals surface area contributed by atoms with Crippen molar-refractivity contribution < 1.29 is 5.11 Å². The molecule has 1 aliphatic rings. The molecule has 1 aromatic rings. The zero-order chi connectivity index (χ0) is 10.1. The van der Waals surface area contributed by atoms with Crippen LogP contribution in [0.15, 0.2) is 0 Å². The van der Waals surface area contributed by atoms with Gasteiger partial charge >= 0.3 is 0 Å². The smallest absolute Gasteiger partial charge is 0.150 e. The molecule has 4 heteroatoms. The summed E-state index contributed by atoms with van der Waals surface area (Å²) < 4.78 is 2.17. The van der Waals surface area contributed by atoms with E-state index in [1.807, 2.05) is 0 Å². The molecule has 0 radical (unpaired) electrons. The second-order valence-electron chi connectivity index (χ2n) is 3.81. The number of rotatable bonds is 2. The van der Waals surface area contributed by atoms with Crippen LogP contribution in [-0.2, 0) is 19.4 Å². The number of fused-ring (bicyclic) bond motifs is 1. The van der Waals surface area contributed by atoms with Crippen molar-refractivity contribution in [2.45, 2.75) is 45.3 Å². The highest BCUT2D eigenvalue weighted by molar-refractivity contribution is 6.30. The van der Waals surface area contributed by atoms with E-state index in [9.17, 15) is 5.11 Å². The predicted molar refractivity (Wildman–Crippen MR) is 55.6 cm³/mol. The van der Waals surface area contributed by atoms with Crippen molar-refractivity contribution in [2.75, 3.05) is 0 Å². The highest BCUT2D eigenvalue weighted by Crippen LogP contribution is 2.25. The van der Waals surface area contributed by atoms with Crippen molar-refractivity contribution in [3.05, 3.63) is 16.7 Å².